The molecule has 196 valence electrons. The number of esters is 1. The predicted molar refractivity (Wildman–Crippen MR) is 138 cm³/mol. The summed E-state index contributed by atoms with van der Waals surface area (Å²) in [4.78, 5) is 24.5. The number of carbonyl (C=O) groups is 2. The molecular weight excluding hydrogens is 414 g/mol. The van der Waals surface area contributed by atoms with Crippen LogP contribution in [0.3, 0.4) is 0 Å². The third-order valence-electron chi connectivity index (χ3n) is 5.66. The number of hydrogen-bond donors (Lipinski definition) is 1. The summed E-state index contributed by atoms with van der Waals surface area (Å²) in [6.45, 7) is 13.0. The number of rotatable bonds is 20. The van der Waals surface area contributed by atoms with Crippen molar-refractivity contribution in [3.8, 4) is 0 Å². The second kappa shape index (κ2) is 20.1. The van der Waals surface area contributed by atoms with E-state index in [4.69, 9.17) is 9.47 Å². The molecule has 0 radical (unpaired) electrons. The van der Waals surface area contributed by atoms with E-state index in [9.17, 15) is 9.59 Å². The first-order valence-electron chi connectivity index (χ1n) is 13.8. The third-order valence-corrected chi connectivity index (χ3v) is 5.66. The van der Waals surface area contributed by atoms with Crippen LogP contribution in [0.25, 0.3) is 0 Å². The van der Waals surface area contributed by atoms with Crippen molar-refractivity contribution < 1.29 is 19.1 Å². The Morgan fingerprint density at radius 1 is 0.727 bits per heavy atom. The van der Waals surface area contributed by atoms with Gasteiger partial charge in [-0.15, -0.1) is 0 Å². The van der Waals surface area contributed by atoms with Gasteiger partial charge in [-0.05, 0) is 24.2 Å². The number of unbranched alkanes of at least 4 members (excludes halogenated alkanes) is 13. The Balaban J connectivity index is 3.80. The number of hydrogen-bond acceptors (Lipinski definition) is 4. The molecule has 1 amide bonds. The Labute approximate surface area is 205 Å². The Morgan fingerprint density at radius 2 is 1.18 bits per heavy atom. The van der Waals surface area contributed by atoms with Gasteiger partial charge in [0.2, 0.25) is 0 Å². The molecule has 1 atom stereocenters. The lowest BCUT2D eigenvalue weighted by Crippen LogP contribution is -2.43. The van der Waals surface area contributed by atoms with Crippen LogP contribution in [-0.4, -0.2) is 31.3 Å². The van der Waals surface area contributed by atoms with E-state index in [1.807, 2.05) is 34.6 Å². The predicted octanol–water partition coefficient (Wildman–Crippen LogP) is 8.20. The smallest absolute Gasteiger partial charge is 0.407 e. The lowest BCUT2D eigenvalue weighted by Gasteiger charge is -2.22. The summed E-state index contributed by atoms with van der Waals surface area (Å²) in [5.74, 6) is -0.0855. The highest BCUT2D eigenvalue weighted by Gasteiger charge is 2.24. The van der Waals surface area contributed by atoms with Crippen molar-refractivity contribution in [2.75, 3.05) is 13.2 Å². The molecule has 0 aromatic rings. The fraction of sp³-hybridized carbons (Fsp3) is 0.929. The van der Waals surface area contributed by atoms with E-state index in [1.54, 1.807) is 0 Å². The van der Waals surface area contributed by atoms with Gasteiger partial charge in [-0.2, -0.15) is 0 Å². The molecule has 0 bridgehead atoms. The Hall–Kier alpha value is -1.26. The van der Waals surface area contributed by atoms with Gasteiger partial charge >= 0.3 is 12.1 Å². The van der Waals surface area contributed by atoms with Crippen LogP contribution in [0.4, 0.5) is 4.79 Å². The number of ether oxygens (including phenoxy) is 2. The maximum Gasteiger partial charge on any atom is 0.407 e. The Bertz CT molecular complexity index is 485. The highest BCUT2D eigenvalue weighted by atomic mass is 16.6. The topological polar surface area (TPSA) is 64.6 Å². The fourth-order valence-electron chi connectivity index (χ4n) is 3.72. The minimum absolute atomic E-state index is 0.112. The van der Waals surface area contributed by atoms with Gasteiger partial charge in [0, 0.05) is 0 Å². The van der Waals surface area contributed by atoms with E-state index >= 15 is 0 Å². The molecule has 1 N–H and O–H groups in total. The van der Waals surface area contributed by atoms with Crippen LogP contribution >= 0.6 is 0 Å². The number of alkyl carbamates (subject to hydrolysis) is 1. The van der Waals surface area contributed by atoms with Gasteiger partial charge in [0.1, 0.15) is 6.04 Å². The van der Waals surface area contributed by atoms with E-state index in [2.05, 4.69) is 12.2 Å². The summed E-state index contributed by atoms with van der Waals surface area (Å²) in [7, 11) is 0. The van der Waals surface area contributed by atoms with Gasteiger partial charge in [-0.1, -0.05) is 125 Å². The van der Waals surface area contributed by atoms with Crippen LogP contribution in [0.1, 0.15) is 138 Å². The van der Waals surface area contributed by atoms with Gasteiger partial charge in [-0.25, -0.2) is 9.59 Å². The van der Waals surface area contributed by atoms with Gasteiger partial charge < -0.3 is 14.8 Å². The fourth-order valence-corrected chi connectivity index (χ4v) is 3.72. The molecule has 0 heterocycles. The SMILES string of the molecule is CCCCCCCCCCCCCCCCOC(=O)C(CC(C)C)NC(=O)OCC(C)(C)C. The zero-order valence-electron chi connectivity index (χ0n) is 22.8. The van der Waals surface area contributed by atoms with E-state index < -0.39 is 12.1 Å². The van der Waals surface area contributed by atoms with Gasteiger partial charge in [0.05, 0.1) is 13.2 Å². The average Bonchev–Trinajstić information content (AvgIpc) is 2.73. The molecule has 0 saturated heterocycles. The summed E-state index contributed by atoms with van der Waals surface area (Å²) in [6.07, 6.45) is 18.2. The zero-order valence-corrected chi connectivity index (χ0v) is 22.8. The number of amides is 1. The highest BCUT2D eigenvalue weighted by Crippen LogP contribution is 2.15. The first kappa shape index (κ1) is 31.7. The van der Waals surface area contributed by atoms with E-state index in [-0.39, 0.29) is 17.3 Å². The summed E-state index contributed by atoms with van der Waals surface area (Å²) < 4.78 is 10.7. The minimum atomic E-state index is -0.649. The molecule has 0 aliphatic carbocycles. The quantitative estimate of drug-likeness (QED) is 0.144. The van der Waals surface area contributed by atoms with Crippen molar-refractivity contribution in [3.63, 3.8) is 0 Å². The molecule has 0 aromatic carbocycles. The normalized spacial score (nSPS) is 12.6. The Morgan fingerprint density at radius 3 is 1.61 bits per heavy atom. The van der Waals surface area contributed by atoms with Crippen molar-refractivity contribution >= 4 is 12.1 Å². The molecule has 0 spiro atoms. The summed E-state index contributed by atoms with van der Waals surface area (Å²) in [6, 6.07) is -0.649. The van der Waals surface area contributed by atoms with Crippen molar-refractivity contribution in [2.45, 2.75) is 144 Å². The van der Waals surface area contributed by atoms with Crippen LogP contribution in [0, 0.1) is 11.3 Å². The molecule has 0 aromatic heterocycles. The molecule has 5 heteroatoms. The molecule has 0 fully saturated rings. The highest BCUT2D eigenvalue weighted by molar-refractivity contribution is 5.81. The second-order valence-electron chi connectivity index (χ2n) is 11.2. The van der Waals surface area contributed by atoms with Crippen molar-refractivity contribution in [3.05, 3.63) is 0 Å². The standard InChI is InChI=1S/C28H55NO4/c1-7-8-9-10-11-12-13-14-15-16-17-18-19-20-21-32-26(30)25(22-24(2)3)29-27(31)33-23-28(4,5)6/h24-25H,7-23H2,1-6H3,(H,29,31). The van der Waals surface area contributed by atoms with Crippen LogP contribution in [0.15, 0.2) is 0 Å². The molecular formula is C28H55NO4. The number of carbonyl (C=O) groups excluding carboxylic acids is 2. The maximum atomic E-state index is 12.5. The molecule has 1 unspecified atom stereocenters. The third kappa shape index (κ3) is 22.3. The molecule has 5 nitrogen and oxygen atoms in total. The Kier molecular flexibility index (Phi) is 19.4. The lowest BCUT2D eigenvalue weighted by molar-refractivity contribution is -0.146. The first-order valence-corrected chi connectivity index (χ1v) is 13.8. The minimum Gasteiger partial charge on any atom is -0.464 e. The van der Waals surface area contributed by atoms with Crippen molar-refractivity contribution in [2.24, 2.45) is 11.3 Å². The van der Waals surface area contributed by atoms with Crippen molar-refractivity contribution in [1.29, 1.82) is 0 Å². The molecule has 0 aliphatic heterocycles. The molecule has 0 saturated carbocycles. The van der Waals surface area contributed by atoms with Gasteiger partial charge in [0.15, 0.2) is 0 Å². The maximum absolute atomic E-state index is 12.5. The van der Waals surface area contributed by atoms with Gasteiger partial charge in [0.25, 0.3) is 0 Å². The zero-order chi connectivity index (χ0) is 25.0. The lowest BCUT2D eigenvalue weighted by atomic mass is 9.99. The first-order chi connectivity index (χ1) is 15.7. The van der Waals surface area contributed by atoms with Crippen LogP contribution < -0.4 is 5.32 Å². The number of nitrogens with one attached hydrogen (secondary N) is 1. The summed E-state index contributed by atoms with van der Waals surface area (Å²) in [5, 5.41) is 2.69. The molecule has 0 aliphatic rings. The average molecular weight is 470 g/mol. The van der Waals surface area contributed by atoms with Crippen molar-refractivity contribution in [1.82, 2.24) is 5.32 Å². The van der Waals surface area contributed by atoms with Crippen LogP contribution in [0.5, 0.6) is 0 Å². The summed E-state index contributed by atoms with van der Waals surface area (Å²) in [5.41, 5.74) is -0.112. The molecule has 0 rings (SSSR count). The molecule has 33 heavy (non-hydrogen) atoms. The van der Waals surface area contributed by atoms with Crippen LogP contribution in [0.2, 0.25) is 0 Å². The summed E-state index contributed by atoms with van der Waals surface area (Å²) >= 11 is 0. The van der Waals surface area contributed by atoms with Gasteiger partial charge in [-0.3, -0.25) is 0 Å². The largest absolute Gasteiger partial charge is 0.464 e. The van der Waals surface area contributed by atoms with E-state index in [0.717, 1.165) is 12.8 Å². The second-order valence-corrected chi connectivity index (χ2v) is 11.2. The van der Waals surface area contributed by atoms with E-state index in [1.165, 1.54) is 77.0 Å². The van der Waals surface area contributed by atoms with Crippen LogP contribution in [-0.2, 0) is 14.3 Å². The monoisotopic (exact) mass is 469 g/mol. The van der Waals surface area contributed by atoms with E-state index in [0.29, 0.717) is 19.6 Å².